The second-order valence-electron chi connectivity index (χ2n) is 9.07. The van der Waals surface area contributed by atoms with Crippen LogP contribution in [0.3, 0.4) is 0 Å². The topological polar surface area (TPSA) is 132 Å². The molecule has 10 heteroatoms. The van der Waals surface area contributed by atoms with Crippen molar-refractivity contribution in [3.8, 4) is 10.4 Å². The molecule has 1 aliphatic heterocycles. The van der Waals surface area contributed by atoms with Crippen molar-refractivity contribution in [3.05, 3.63) is 41.0 Å². The van der Waals surface area contributed by atoms with Crippen LogP contribution >= 0.6 is 11.3 Å². The van der Waals surface area contributed by atoms with Gasteiger partial charge >= 0.3 is 6.09 Å². The molecule has 2 aromatic rings. The number of aliphatic hydroxyl groups excluding tert-OH is 1. The fourth-order valence-corrected chi connectivity index (χ4v) is 4.97. The summed E-state index contributed by atoms with van der Waals surface area (Å²) < 4.78 is 0. The van der Waals surface area contributed by atoms with Crippen LogP contribution in [0.2, 0.25) is 0 Å². The number of aliphatic hydroxyl groups is 1. The van der Waals surface area contributed by atoms with Crippen molar-refractivity contribution >= 4 is 29.6 Å². The van der Waals surface area contributed by atoms with Gasteiger partial charge in [-0.25, -0.2) is 9.78 Å². The summed E-state index contributed by atoms with van der Waals surface area (Å²) in [6.07, 6.45) is -1.11. The van der Waals surface area contributed by atoms with Crippen LogP contribution in [-0.4, -0.2) is 69.7 Å². The van der Waals surface area contributed by atoms with E-state index in [-0.39, 0.29) is 25.4 Å². The molecule has 1 saturated heterocycles. The van der Waals surface area contributed by atoms with E-state index < -0.39 is 29.7 Å². The zero-order valence-corrected chi connectivity index (χ0v) is 19.8. The average molecular weight is 475 g/mol. The number of benzene rings is 1. The first-order valence-electron chi connectivity index (χ1n) is 10.7. The third kappa shape index (κ3) is 6.16. The van der Waals surface area contributed by atoms with Gasteiger partial charge in [0.15, 0.2) is 0 Å². The number of nitrogens with zero attached hydrogens (tertiary/aromatic N) is 2. The summed E-state index contributed by atoms with van der Waals surface area (Å²) in [5, 5.41) is 24.3. The fraction of sp³-hybridized carbons (Fsp3) is 0.478. The van der Waals surface area contributed by atoms with Crippen LogP contribution in [0, 0.1) is 12.3 Å². The molecule has 1 unspecified atom stereocenters. The molecule has 0 saturated carbocycles. The molecule has 1 aromatic heterocycles. The minimum Gasteiger partial charge on any atom is -0.465 e. The number of β-amino-alcohol motifs (C(OH)–C–C–N with tert-alkyl or cyclic N) is 1. The minimum absolute atomic E-state index is 0.210. The van der Waals surface area contributed by atoms with Crippen LogP contribution in [-0.2, 0) is 16.1 Å². The van der Waals surface area contributed by atoms with Gasteiger partial charge in [-0.15, -0.1) is 11.3 Å². The number of rotatable bonds is 9. The van der Waals surface area contributed by atoms with Crippen molar-refractivity contribution in [1.82, 2.24) is 20.5 Å². The van der Waals surface area contributed by atoms with Gasteiger partial charge in [0, 0.05) is 25.0 Å². The number of aldehydes is 1. The first-order valence-corrected chi connectivity index (χ1v) is 11.6. The normalized spacial score (nSPS) is 19.8. The molecular formula is C23H30N4O5S. The van der Waals surface area contributed by atoms with Gasteiger partial charge in [0.1, 0.15) is 6.29 Å². The first-order chi connectivity index (χ1) is 15.6. The number of nitrogens with one attached hydrogen (secondary N) is 2. The van der Waals surface area contributed by atoms with Gasteiger partial charge in [-0.3, -0.25) is 9.69 Å². The Kier molecular flexibility index (Phi) is 7.83. The summed E-state index contributed by atoms with van der Waals surface area (Å²) in [4.78, 5) is 42.6. The lowest BCUT2D eigenvalue weighted by Gasteiger charge is -2.36. The highest BCUT2D eigenvalue weighted by Crippen LogP contribution is 2.28. The molecule has 0 spiro atoms. The number of aryl methyl sites for hydroxylation is 1. The van der Waals surface area contributed by atoms with Crippen molar-refractivity contribution in [2.75, 3.05) is 13.1 Å². The van der Waals surface area contributed by atoms with Crippen molar-refractivity contribution < 1.29 is 24.6 Å². The molecule has 4 N–H and O–H groups in total. The van der Waals surface area contributed by atoms with E-state index in [0.717, 1.165) is 21.7 Å². The third-order valence-corrected chi connectivity index (χ3v) is 6.96. The Bertz CT molecular complexity index is 991. The highest BCUT2D eigenvalue weighted by atomic mass is 32.1. The van der Waals surface area contributed by atoms with Crippen molar-refractivity contribution in [2.45, 2.75) is 51.9 Å². The summed E-state index contributed by atoms with van der Waals surface area (Å²) in [7, 11) is 0. The third-order valence-electron chi connectivity index (χ3n) is 5.98. The van der Waals surface area contributed by atoms with E-state index in [2.05, 4.69) is 15.6 Å². The van der Waals surface area contributed by atoms with Crippen LogP contribution in [0.1, 0.15) is 31.5 Å². The number of likely N-dealkylation sites (tertiary alicyclic amines) is 1. The largest absolute Gasteiger partial charge is 0.465 e. The molecular weight excluding hydrogens is 444 g/mol. The highest BCUT2D eigenvalue weighted by molar-refractivity contribution is 7.13. The van der Waals surface area contributed by atoms with Gasteiger partial charge in [-0.05, 0) is 24.5 Å². The fourth-order valence-electron chi connectivity index (χ4n) is 4.16. The van der Waals surface area contributed by atoms with Crippen LogP contribution in [0.5, 0.6) is 0 Å². The van der Waals surface area contributed by atoms with Crippen LogP contribution < -0.4 is 10.6 Å². The van der Waals surface area contributed by atoms with Crippen LogP contribution in [0.25, 0.3) is 10.4 Å². The van der Waals surface area contributed by atoms with Gasteiger partial charge < -0.3 is 25.6 Å². The van der Waals surface area contributed by atoms with Crippen molar-refractivity contribution in [1.29, 1.82) is 0 Å². The quantitative estimate of drug-likeness (QED) is 0.409. The van der Waals surface area contributed by atoms with Gasteiger partial charge in [0.2, 0.25) is 5.91 Å². The van der Waals surface area contributed by atoms with E-state index >= 15 is 0 Å². The number of thiazole rings is 1. The number of carboxylic acid groups (broad SMARTS) is 1. The molecule has 0 bridgehead atoms. The van der Waals surface area contributed by atoms with E-state index in [1.54, 1.807) is 25.2 Å². The molecule has 0 aliphatic carbocycles. The van der Waals surface area contributed by atoms with Gasteiger partial charge in [0.05, 0.1) is 34.3 Å². The van der Waals surface area contributed by atoms with Gasteiger partial charge in [-0.1, -0.05) is 38.1 Å². The molecule has 1 fully saturated rings. The van der Waals surface area contributed by atoms with Crippen molar-refractivity contribution in [3.63, 3.8) is 0 Å². The Morgan fingerprint density at radius 3 is 2.61 bits per heavy atom. The second-order valence-corrected chi connectivity index (χ2v) is 9.92. The number of amides is 2. The molecule has 2 heterocycles. The second kappa shape index (κ2) is 10.4. The molecule has 33 heavy (non-hydrogen) atoms. The Hall–Kier alpha value is -2.82. The molecule has 3 rings (SSSR count). The Morgan fingerprint density at radius 2 is 2.03 bits per heavy atom. The maximum atomic E-state index is 12.9. The molecule has 1 aromatic carbocycles. The summed E-state index contributed by atoms with van der Waals surface area (Å²) >= 11 is 1.59. The molecule has 178 valence electrons. The number of carbonyl (C=O) groups is 3. The SMILES string of the molecule is Cc1ncsc1-c1ccc(CNC(=O)C2C[C@@H](O)CN2CC(C)(C)[C@@H](C=O)NC(=O)O)cc1. The maximum absolute atomic E-state index is 12.9. The monoisotopic (exact) mass is 474 g/mol. The maximum Gasteiger partial charge on any atom is 0.405 e. The highest BCUT2D eigenvalue weighted by Gasteiger charge is 2.41. The molecule has 9 nitrogen and oxygen atoms in total. The predicted molar refractivity (Wildman–Crippen MR) is 125 cm³/mol. The number of hydrogen-bond acceptors (Lipinski definition) is 7. The number of hydrogen-bond donors (Lipinski definition) is 4. The lowest BCUT2D eigenvalue weighted by atomic mass is 9.84. The zero-order valence-electron chi connectivity index (χ0n) is 18.9. The van der Waals surface area contributed by atoms with E-state index in [4.69, 9.17) is 5.11 Å². The standard InChI is InChI=1S/C23H30N4O5S/c1-14-20(33-13-25-14)16-6-4-15(5-7-16)9-24-21(30)18-8-17(29)10-27(18)12-23(2,3)19(11-28)26-22(31)32/h4-7,11,13,17-19,26,29H,8-10,12H2,1-3H3,(H,24,30)(H,31,32)/t17-,18?,19-/m1/s1. The van der Waals surface area contributed by atoms with E-state index in [1.807, 2.05) is 41.6 Å². The zero-order chi connectivity index (χ0) is 24.2. The smallest absolute Gasteiger partial charge is 0.405 e. The molecule has 2 amide bonds. The number of aromatic nitrogens is 1. The predicted octanol–water partition coefficient (Wildman–Crippen LogP) is 2.03. The average Bonchev–Trinajstić information content (AvgIpc) is 3.35. The lowest BCUT2D eigenvalue weighted by Crippen LogP contribution is -2.53. The van der Waals surface area contributed by atoms with Gasteiger partial charge in [-0.2, -0.15) is 0 Å². The number of carbonyl (C=O) groups excluding carboxylic acids is 2. The van der Waals surface area contributed by atoms with E-state index in [0.29, 0.717) is 12.8 Å². The van der Waals surface area contributed by atoms with Crippen LogP contribution in [0.4, 0.5) is 4.79 Å². The molecule has 0 radical (unpaired) electrons. The summed E-state index contributed by atoms with van der Waals surface area (Å²) in [5.41, 5.74) is 4.06. The summed E-state index contributed by atoms with van der Waals surface area (Å²) in [6, 6.07) is 6.44. The Balaban J connectivity index is 1.61. The molecule has 1 aliphatic rings. The van der Waals surface area contributed by atoms with Gasteiger partial charge in [0.25, 0.3) is 0 Å². The Labute approximate surface area is 196 Å². The minimum atomic E-state index is -1.28. The van der Waals surface area contributed by atoms with Crippen molar-refractivity contribution in [2.24, 2.45) is 5.41 Å². The lowest BCUT2D eigenvalue weighted by molar-refractivity contribution is -0.126. The summed E-state index contributed by atoms with van der Waals surface area (Å²) in [6.45, 7) is 6.39. The van der Waals surface area contributed by atoms with Crippen LogP contribution in [0.15, 0.2) is 29.8 Å². The molecule has 3 atom stereocenters. The van der Waals surface area contributed by atoms with E-state index in [9.17, 15) is 19.5 Å². The Morgan fingerprint density at radius 1 is 1.33 bits per heavy atom. The summed E-state index contributed by atoms with van der Waals surface area (Å²) in [5.74, 6) is -0.210. The first kappa shape index (κ1) is 24.8. The van der Waals surface area contributed by atoms with E-state index in [1.165, 1.54) is 0 Å².